The van der Waals surface area contributed by atoms with Crippen LogP contribution in [-0.4, -0.2) is 49.4 Å². The molecule has 2 atom stereocenters. The van der Waals surface area contributed by atoms with E-state index < -0.39 is 5.92 Å². The Morgan fingerprint density at radius 2 is 1.87 bits per heavy atom. The van der Waals surface area contributed by atoms with Gasteiger partial charge < -0.3 is 19.7 Å². The molecule has 5 nitrogen and oxygen atoms in total. The van der Waals surface area contributed by atoms with Gasteiger partial charge in [-0.25, -0.2) is 13.6 Å². The fourth-order valence-electron chi connectivity index (χ4n) is 2.81. The largest absolute Gasteiger partial charge is 0.376 e. The Hall–Kier alpha value is -1.73. The maximum absolute atomic E-state index is 13.2. The second-order valence-electron chi connectivity index (χ2n) is 6.07. The van der Waals surface area contributed by atoms with Crippen molar-refractivity contribution >= 4 is 6.03 Å². The summed E-state index contributed by atoms with van der Waals surface area (Å²) in [4.78, 5) is 13.9. The topological polar surface area (TPSA) is 50.8 Å². The van der Waals surface area contributed by atoms with E-state index in [2.05, 4.69) is 5.32 Å². The number of halogens is 2. The molecule has 1 aromatic carbocycles. The zero-order valence-corrected chi connectivity index (χ0v) is 12.9. The molecule has 1 N–H and O–H groups in total. The van der Waals surface area contributed by atoms with Crippen molar-refractivity contribution in [2.45, 2.75) is 31.6 Å². The van der Waals surface area contributed by atoms with Crippen LogP contribution in [0.1, 0.15) is 18.1 Å². The normalized spacial score (nSPS) is 24.4. The van der Waals surface area contributed by atoms with E-state index in [9.17, 15) is 13.6 Å². The third kappa shape index (κ3) is 3.97. The summed E-state index contributed by atoms with van der Waals surface area (Å²) in [5.41, 5.74) is 0.747. The van der Waals surface area contributed by atoms with Gasteiger partial charge >= 0.3 is 6.03 Å². The van der Waals surface area contributed by atoms with Crippen LogP contribution in [0.15, 0.2) is 24.3 Å². The van der Waals surface area contributed by atoms with E-state index >= 15 is 0 Å². The first-order valence-corrected chi connectivity index (χ1v) is 7.65. The molecule has 2 amide bonds. The maximum Gasteiger partial charge on any atom is 0.317 e. The second-order valence-corrected chi connectivity index (χ2v) is 6.07. The van der Waals surface area contributed by atoms with Crippen LogP contribution in [0.2, 0.25) is 0 Å². The van der Waals surface area contributed by atoms with Crippen molar-refractivity contribution in [3.63, 3.8) is 0 Å². The number of ether oxygens (including phenoxy) is 2. The molecule has 7 heteroatoms. The van der Waals surface area contributed by atoms with E-state index in [0.29, 0.717) is 32.8 Å². The molecule has 2 aliphatic heterocycles. The van der Waals surface area contributed by atoms with E-state index in [0.717, 1.165) is 12.5 Å². The molecule has 2 unspecified atom stereocenters. The lowest BCUT2D eigenvalue weighted by molar-refractivity contribution is -0.171. The van der Waals surface area contributed by atoms with Crippen molar-refractivity contribution in [1.82, 2.24) is 10.2 Å². The van der Waals surface area contributed by atoms with Crippen molar-refractivity contribution in [2.75, 3.05) is 26.3 Å². The van der Waals surface area contributed by atoms with Gasteiger partial charge in [0.05, 0.1) is 38.5 Å². The number of carbonyl (C=O) groups is 1. The summed E-state index contributed by atoms with van der Waals surface area (Å²) in [6.45, 7) is 3.19. The van der Waals surface area contributed by atoms with Gasteiger partial charge in [0.2, 0.25) is 0 Å². The van der Waals surface area contributed by atoms with E-state index in [4.69, 9.17) is 9.47 Å². The number of morpholine rings is 1. The van der Waals surface area contributed by atoms with Crippen LogP contribution in [0.5, 0.6) is 0 Å². The molecule has 2 aliphatic rings. The smallest absolute Gasteiger partial charge is 0.317 e. The molecule has 0 aliphatic carbocycles. The lowest BCUT2D eigenvalue weighted by Crippen LogP contribution is -2.57. The number of amides is 2. The number of hydrogen-bond acceptors (Lipinski definition) is 3. The van der Waals surface area contributed by atoms with Crippen molar-refractivity contribution in [1.29, 1.82) is 0 Å². The number of urea groups is 1. The highest BCUT2D eigenvalue weighted by atomic mass is 19.3. The van der Waals surface area contributed by atoms with Crippen LogP contribution in [0, 0.1) is 0 Å². The van der Waals surface area contributed by atoms with Crippen molar-refractivity contribution in [3.8, 4) is 0 Å². The zero-order chi connectivity index (χ0) is 16.4. The van der Waals surface area contributed by atoms with Gasteiger partial charge in [-0.05, 0) is 5.56 Å². The summed E-state index contributed by atoms with van der Waals surface area (Å²) < 4.78 is 37.4. The summed E-state index contributed by atoms with van der Waals surface area (Å²) >= 11 is 0. The summed E-state index contributed by atoms with van der Waals surface area (Å²) in [6.07, 6.45) is -0.140. The summed E-state index contributed by atoms with van der Waals surface area (Å²) in [7, 11) is 0. The third-order valence-electron chi connectivity index (χ3n) is 4.03. The fraction of sp³-hybridized carbons (Fsp3) is 0.562. The molecule has 0 aromatic heterocycles. The Morgan fingerprint density at radius 1 is 1.26 bits per heavy atom. The third-order valence-corrected chi connectivity index (χ3v) is 4.03. The van der Waals surface area contributed by atoms with Gasteiger partial charge in [-0.1, -0.05) is 24.3 Å². The molecular formula is C16H20F2N2O3. The van der Waals surface area contributed by atoms with E-state index in [-0.39, 0.29) is 23.8 Å². The minimum atomic E-state index is -2.85. The summed E-state index contributed by atoms with van der Waals surface area (Å²) in [5, 5.41) is 2.82. The standard InChI is InChI=1S/C16H20F2N2O3/c1-16(17,18)12-4-2-11(3-5-12)6-19-15(21)20-7-13-9-22-10-14(8-20)23-13/h2-5,13-14H,6-10H2,1H3,(H,19,21). The van der Waals surface area contributed by atoms with Gasteiger partial charge in [0.15, 0.2) is 0 Å². The van der Waals surface area contributed by atoms with Crippen LogP contribution in [0.25, 0.3) is 0 Å². The summed E-state index contributed by atoms with van der Waals surface area (Å²) in [5.74, 6) is -2.85. The molecule has 23 heavy (non-hydrogen) atoms. The number of carbonyl (C=O) groups excluding carboxylic acids is 1. The number of alkyl halides is 2. The molecule has 0 saturated carbocycles. The minimum absolute atomic E-state index is 0.0337. The molecule has 0 spiro atoms. The molecule has 2 fully saturated rings. The first-order chi connectivity index (χ1) is 10.9. The van der Waals surface area contributed by atoms with Crippen LogP contribution in [-0.2, 0) is 21.9 Å². The van der Waals surface area contributed by atoms with E-state index in [1.54, 1.807) is 17.0 Å². The van der Waals surface area contributed by atoms with Gasteiger partial charge in [0.1, 0.15) is 0 Å². The first-order valence-electron chi connectivity index (χ1n) is 7.65. The number of hydrogen-bond donors (Lipinski definition) is 1. The van der Waals surface area contributed by atoms with E-state index in [1.807, 2.05) is 0 Å². The molecule has 126 valence electrons. The molecule has 3 rings (SSSR count). The van der Waals surface area contributed by atoms with Gasteiger partial charge in [0.25, 0.3) is 5.92 Å². The Balaban J connectivity index is 1.53. The SMILES string of the molecule is CC(F)(F)c1ccc(CNC(=O)N2CC3COCC(C2)O3)cc1. The number of rotatable bonds is 3. The predicted octanol–water partition coefficient (Wildman–Crippen LogP) is 2.11. The highest BCUT2D eigenvalue weighted by Gasteiger charge is 2.34. The fourth-order valence-corrected chi connectivity index (χ4v) is 2.81. The van der Waals surface area contributed by atoms with Crippen LogP contribution in [0.3, 0.4) is 0 Å². The van der Waals surface area contributed by atoms with E-state index in [1.165, 1.54) is 12.1 Å². The molecule has 2 heterocycles. The number of benzene rings is 1. The van der Waals surface area contributed by atoms with Gasteiger partial charge in [-0.3, -0.25) is 0 Å². The number of nitrogens with zero attached hydrogens (tertiary/aromatic N) is 1. The molecule has 2 bridgehead atoms. The molecular weight excluding hydrogens is 306 g/mol. The minimum Gasteiger partial charge on any atom is -0.376 e. The van der Waals surface area contributed by atoms with Crippen LogP contribution >= 0.6 is 0 Å². The zero-order valence-electron chi connectivity index (χ0n) is 12.9. The quantitative estimate of drug-likeness (QED) is 0.925. The highest BCUT2D eigenvalue weighted by Crippen LogP contribution is 2.26. The summed E-state index contributed by atoms with van der Waals surface area (Å²) in [6, 6.07) is 5.81. The van der Waals surface area contributed by atoms with Crippen molar-refractivity contribution in [2.24, 2.45) is 0 Å². The van der Waals surface area contributed by atoms with Crippen molar-refractivity contribution < 1.29 is 23.0 Å². The Labute approximate surface area is 133 Å². The Bertz CT molecular complexity index is 547. The first kappa shape index (κ1) is 16.1. The van der Waals surface area contributed by atoms with Crippen LogP contribution in [0.4, 0.5) is 13.6 Å². The monoisotopic (exact) mass is 326 g/mol. The second kappa shape index (κ2) is 6.41. The van der Waals surface area contributed by atoms with Gasteiger partial charge in [-0.2, -0.15) is 0 Å². The van der Waals surface area contributed by atoms with Crippen molar-refractivity contribution in [3.05, 3.63) is 35.4 Å². The maximum atomic E-state index is 13.2. The molecule has 1 aromatic rings. The average Bonchev–Trinajstić information content (AvgIpc) is 2.51. The van der Waals surface area contributed by atoms with Gasteiger partial charge in [0, 0.05) is 19.0 Å². The highest BCUT2D eigenvalue weighted by molar-refractivity contribution is 5.74. The molecule has 2 saturated heterocycles. The van der Waals surface area contributed by atoms with Crippen LogP contribution < -0.4 is 5.32 Å². The average molecular weight is 326 g/mol. The lowest BCUT2D eigenvalue weighted by atomic mass is 10.1. The number of nitrogens with one attached hydrogen (secondary N) is 1. The Kier molecular flexibility index (Phi) is 4.50. The number of fused-ring (bicyclic) bond motifs is 2. The van der Waals surface area contributed by atoms with Gasteiger partial charge in [-0.15, -0.1) is 0 Å². The predicted molar refractivity (Wildman–Crippen MR) is 79.3 cm³/mol. The lowest BCUT2D eigenvalue weighted by Gasteiger charge is -2.41. The Morgan fingerprint density at radius 3 is 2.43 bits per heavy atom. The molecule has 0 radical (unpaired) electrons.